The predicted octanol–water partition coefficient (Wildman–Crippen LogP) is 6.19. The first-order valence-electron chi connectivity index (χ1n) is 11.3. The molecule has 0 spiro atoms. The zero-order valence-electron chi connectivity index (χ0n) is 19.2. The number of thiophene rings is 1. The Morgan fingerprint density at radius 1 is 1.09 bits per heavy atom. The third kappa shape index (κ3) is 5.72. The van der Waals surface area contributed by atoms with Gasteiger partial charge in [-0.1, -0.05) is 30.7 Å². The van der Waals surface area contributed by atoms with E-state index in [0.29, 0.717) is 45.3 Å². The van der Waals surface area contributed by atoms with Crippen LogP contribution in [0, 0.1) is 5.92 Å². The van der Waals surface area contributed by atoms with E-state index in [1.165, 1.54) is 11.3 Å². The molecule has 2 N–H and O–H groups in total. The summed E-state index contributed by atoms with van der Waals surface area (Å²) in [6.07, 6.45) is 2.71. The van der Waals surface area contributed by atoms with Crippen LogP contribution in [0.2, 0.25) is 5.02 Å². The van der Waals surface area contributed by atoms with E-state index in [1.807, 2.05) is 31.2 Å². The Balaban J connectivity index is 1.55. The van der Waals surface area contributed by atoms with E-state index in [9.17, 15) is 9.59 Å². The Bertz CT molecular complexity index is 1180. The summed E-state index contributed by atoms with van der Waals surface area (Å²) in [5.74, 6) is 1.11. The summed E-state index contributed by atoms with van der Waals surface area (Å²) in [6, 6.07) is 14.1. The van der Waals surface area contributed by atoms with Crippen LogP contribution in [0.15, 0.2) is 48.5 Å². The lowest BCUT2D eigenvalue weighted by atomic mass is 9.88. The summed E-state index contributed by atoms with van der Waals surface area (Å²) in [4.78, 5) is 27.3. The highest BCUT2D eigenvalue weighted by Gasteiger charge is 2.29. The van der Waals surface area contributed by atoms with Crippen LogP contribution < -0.4 is 20.1 Å². The van der Waals surface area contributed by atoms with Gasteiger partial charge in [0.1, 0.15) is 16.5 Å². The molecule has 0 aliphatic heterocycles. The monoisotopic (exact) mass is 498 g/mol. The Labute approximate surface area is 208 Å². The van der Waals surface area contributed by atoms with Crippen molar-refractivity contribution in [3.63, 3.8) is 0 Å². The molecule has 1 aliphatic carbocycles. The molecule has 1 heterocycles. The molecule has 0 saturated carbocycles. The molecule has 4 rings (SSSR count). The van der Waals surface area contributed by atoms with Crippen molar-refractivity contribution >= 4 is 45.4 Å². The zero-order chi connectivity index (χ0) is 24.1. The van der Waals surface area contributed by atoms with Gasteiger partial charge in [-0.25, -0.2) is 0 Å². The highest BCUT2D eigenvalue weighted by atomic mass is 35.5. The van der Waals surface area contributed by atoms with Crippen LogP contribution in [-0.4, -0.2) is 25.0 Å². The number of hydrogen-bond donors (Lipinski definition) is 2. The van der Waals surface area contributed by atoms with Gasteiger partial charge in [-0.15, -0.1) is 11.3 Å². The number of anilines is 2. The minimum atomic E-state index is -0.328. The van der Waals surface area contributed by atoms with Gasteiger partial charge in [0, 0.05) is 9.90 Å². The van der Waals surface area contributed by atoms with Crippen LogP contribution in [0.3, 0.4) is 0 Å². The molecule has 0 radical (unpaired) electrons. The molecule has 0 bridgehead atoms. The summed E-state index contributed by atoms with van der Waals surface area (Å²) in [5, 5.41) is 7.04. The topological polar surface area (TPSA) is 76.7 Å². The highest BCUT2D eigenvalue weighted by Crippen LogP contribution is 2.40. The maximum absolute atomic E-state index is 13.4. The van der Waals surface area contributed by atoms with Crippen molar-refractivity contribution in [2.75, 3.05) is 23.8 Å². The van der Waals surface area contributed by atoms with E-state index in [1.54, 1.807) is 24.3 Å². The lowest BCUT2D eigenvalue weighted by molar-refractivity contribution is -0.118. The first-order valence-corrected chi connectivity index (χ1v) is 12.5. The number of halogens is 1. The molecule has 0 unspecified atom stereocenters. The Morgan fingerprint density at radius 3 is 2.62 bits per heavy atom. The Hall–Kier alpha value is -3.03. The minimum Gasteiger partial charge on any atom is -0.492 e. The van der Waals surface area contributed by atoms with Gasteiger partial charge in [0.25, 0.3) is 11.8 Å². The lowest BCUT2D eigenvalue weighted by Crippen LogP contribution is -2.22. The van der Waals surface area contributed by atoms with Gasteiger partial charge >= 0.3 is 0 Å². The van der Waals surface area contributed by atoms with Crippen molar-refractivity contribution < 1.29 is 19.1 Å². The minimum absolute atomic E-state index is 0.172. The SMILES string of the molecule is CCOc1ccccc1NC(=O)c1c(NC(=O)COc2ccc(Cl)cc2)sc2c1CC[C@H](C)C2. The van der Waals surface area contributed by atoms with Crippen LogP contribution in [0.1, 0.15) is 41.1 Å². The number of hydrogen-bond acceptors (Lipinski definition) is 5. The third-order valence-corrected chi connectivity index (χ3v) is 7.03. The number of nitrogens with one attached hydrogen (secondary N) is 2. The maximum atomic E-state index is 13.4. The fraction of sp³-hybridized carbons (Fsp3) is 0.308. The molecule has 0 fully saturated rings. The summed E-state index contributed by atoms with van der Waals surface area (Å²) >= 11 is 7.37. The second-order valence-electron chi connectivity index (χ2n) is 8.23. The van der Waals surface area contributed by atoms with E-state index < -0.39 is 0 Å². The van der Waals surface area contributed by atoms with Gasteiger partial charge in [-0.3, -0.25) is 9.59 Å². The van der Waals surface area contributed by atoms with Gasteiger partial charge in [0.2, 0.25) is 0 Å². The van der Waals surface area contributed by atoms with E-state index >= 15 is 0 Å². The Kier molecular flexibility index (Phi) is 7.75. The molecule has 2 amide bonds. The molecule has 1 aromatic heterocycles. The summed E-state index contributed by atoms with van der Waals surface area (Å²) < 4.78 is 11.2. The fourth-order valence-electron chi connectivity index (χ4n) is 3.96. The van der Waals surface area contributed by atoms with Gasteiger partial charge < -0.3 is 20.1 Å². The Morgan fingerprint density at radius 2 is 1.85 bits per heavy atom. The average molecular weight is 499 g/mol. The van der Waals surface area contributed by atoms with Crippen molar-refractivity contribution in [1.82, 2.24) is 0 Å². The number of carbonyl (C=O) groups is 2. The average Bonchev–Trinajstić information content (AvgIpc) is 3.17. The van der Waals surface area contributed by atoms with Gasteiger partial charge in [0.15, 0.2) is 6.61 Å². The summed E-state index contributed by atoms with van der Waals surface area (Å²) in [5.41, 5.74) is 2.14. The van der Waals surface area contributed by atoms with Crippen molar-refractivity contribution in [3.05, 3.63) is 69.6 Å². The molecule has 1 atom stereocenters. The van der Waals surface area contributed by atoms with Crippen LogP contribution in [0.25, 0.3) is 0 Å². The molecule has 178 valence electrons. The van der Waals surface area contributed by atoms with Gasteiger partial charge in [0.05, 0.1) is 17.9 Å². The van der Waals surface area contributed by atoms with Crippen molar-refractivity contribution in [2.45, 2.75) is 33.1 Å². The summed E-state index contributed by atoms with van der Waals surface area (Å²) in [7, 11) is 0. The maximum Gasteiger partial charge on any atom is 0.262 e. The van der Waals surface area contributed by atoms with Crippen molar-refractivity contribution in [1.29, 1.82) is 0 Å². The number of para-hydroxylation sites is 2. The van der Waals surface area contributed by atoms with E-state index in [4.69, 9.17) is 21.1 Å². The molecular formula is C26H27ClN2O4S. The lowest BCUT2D eigenvalue weighted by Gasteiger charge is -2.19. The van der Waals surface area contributed by atoms with Crippen LogP contribution >= 0.6 is 22.9 Å². The summed E-state index contributed by atoms with van der Waals surface area (Å²) in [6.45, 7) is 4.43. The normalized spacial score (nSPS) is 14.7. The first-order chi connectivity index (χ1) is 16.4. The van der Waals surface area contributed by atoms with Crippen LogP contribution in [0.4, 0.5) is 10.7 Å². The predicted molar refractivity (Wildman–Crippen MR) is 137 cm³/mol. The molecule has 8 heteroatoms. The second-order valence-corrected chi connectivity index (χ2v) is 9.77. The smallest absolute Gasteiger partial charge is 0.262 e. The van der Waals surface area contributed by atoms with E-state index in [0.717, 1.165) is 29.7 Å². The van der Waals surface area contributed by atoms with E-state index in [-0.39, 0.29) is 18.4 Å². The molecule has 2 aromatic carbocycles. The molecule has 6 nitrogen and oxygen atoms in total. The van der Waals surface area contributed by atoms with Crippen molar-refractivity contribution in [3.8, 4) is 11.5 Å². The number of benzene rings is 2. The van der Waals surface area contributed by atoms with Gasteiger partial charge in [-0.05, 0) is 74.1 Å². The quantitative estimate of drug-likeness (QED) is 0.388. The second kappa shape index (κ2) is 10.9. The number of fused-ring (bicyclic) bond motifs is 1. The van der Waals surface area contributed by atoms with Crippen LogP contribution in [0.5, 0.6) is 11.5 Å². The molecule has 34 heavy (non-hydrogen) atoms. The standard InChI is InChI=1S/C26H27ClN2O4S/c1-3-32-21-7-5-4-6-20(21)28-25(31)24-19-13-8-16(2)14-22(19)34-26(24)29-23(30)15-33-18-11-9-17(27)10-12-18/h4-7,9-12,16H,3,8,13-15H2,1-2H3,(H,28,31)(H,29,30)/t16-/m0/s1. The number of ether oxygens (including phenoxy) is 2. The van der Waals surface area contributed by atoms with E-state index in [2.05, 4.69) is 17.6 Å². The van der Waals surface area contributed by atoms with Crippen LogP contribution in [-0.2, 0) is 17.6 Å². The number of rotatable bonds is 8. The zero-order valence-corrected chi connectivity index (χ0v) is 20.7. The highest BCUT2D eigenvalue weighted by molar-refractivity contribution is 7.17. The third-order valence-electron chi connectivity index (χ3n) is 5.61. The molecule has 3 aromatic rings. The van der Waals surface area contributed by atoms with Crippen molar-refractivity contribution in [2.24, 2.45) is 5.92 Å². The number of amides is 2. The largest absolute Gasteiger partial charge is 0.492 e. The first kappa shape index (κ1) is 24.1. The molecule has 1 aliphatic rings. The fourth-order valence-corrected chi connectivity index (χ4v) is 5.51. The van der Waals surface area contributed by atoms with Gasteiger partial charge in [-0.2, -0.15) is 0 Å². The molecular weight excluding hydrogens is 472 g/mol. The number of carbonyl (C=O) groups excluding carboxylic acids is 2. The molecule has 0 saturated heterocycles.